The minimum atomic E-state index is 0.436. The molecule has 0 aliphatic carbocycles. The Kier molecular flexibility index (Phi) is 2.64. The van der Waals surface area contributed by atoms with Crippen LogP contribution in [0.25, 0.3) is 0 Å². The van der Waals surface area contributed by atoms with Crippen LogP contribution in [0.5, 0.6) is 11.5 Å². The second-order valence-electron chi connectivity index (χ2n) is 3.54. The van der Waals surface area contributed by atoms with Crippen molar-refractivity contribution in [1.29, 1.82) is 0 Å². The van der Waals surface area contributed by atoms with Gasteiger partial charge in [-0.2, -0.15) is 0 Å². The van der Waals surface area contributed by atoms with Gasteiger partial charge in [0.2, 0.25) is 0 Å². The van der Waals surface area contributed by atoms with Crippen molar-refractivity contribution in [2.45, 2.75) is 6.92 Å². The van der Waals surface area contributed by atoms with Gasteiger partial charge >= 0.3 is 0 Å². The summed E-state index contributed by atoms with van der Waals surface area (Å²) in [5, 5.41) is 0. The lowest BCUT2D eigenvalue weighted by molar-refractivity contribution is 0.478. The number of pyridine rings is 1. The van der Waals surface area contributed by atoms with Gasteiger partial charge in [-0.15, -0.1) is 0 Å². The van der Waals surface area contributed by atoms with Gasteiger partial charge < -0.3 is 16.2 Å². The van der Waals surface area contributed by atoms with Crippen LogP contribution < -0.4 is 16.2 Å². The van der Waals surface area contributed by atoms with E-state index in [4.69, 9.17) is 16.2 Å². The first kappa shape index (κ1) is 10.3. The second kappa shape index (κ2) is 4.10. The zero-order chi connectivity index (χ0) is 11.5. The number of hydrogen-bond donors (Lipinski definition) is 2. The largest absolute Gasteiger partial charge is 0.457 e. The summed E-state index contributed by atoms with van der Waals surface area (Å²) in [6.07, 6.45) is 1.61. The summed E-state index contributed by atoms with van der Waals surface area (Å²) in [6.45, 7) is 1.94. The molecule has 2 aromatic rings. The van der Waals surface area contributed by atoms with Crippen molar-refractivity contribution >= 4 is 11.5 Å². The summed E-state index contributed by atoms with van der Waals surface area (Å²) in [4.78, 5) is 3.90. The smallest absolute Gasteiger partial charge is 0.132 e. The molecule has 0 unspecified atom stereocenters. The first-order chi connectivity index (χ1) is 7.65. The van der Waals surface area contributed by atoms with Crippen LogP contribution in [0.2, 0.25) is 0 Å². The van der Waals surface area contributed by atoms with E-state index in [9.17, 15) is 0 Å². The number of nitrogen functional groups attached to an aromatic ring is 2. The monoisotopic (exact) mass is 215 g/mol. The van der Waals surface area contributed by atoms with Gasteiger partial charge in [-0.1, -0.05) is 0 Å². The zero-order valence-electron chi connectivity index (χ0n) is 8.97. The highest BCUT2D eigenvalue weighted by Crippen LogP contribution is 2.26. The number of nitrogens with two attached hydrogens (primary N) is 2. The zero-order valence-corrected chi connectivity index (χ0v) is 8.97. The van der Waals surface area contributed by atoms with Crippen LogP contribution in [0.4, 0.5) is 11.5 Å². The second-order valence-corrected chi connectivity index (χ2v) is 3.54. The lowest BCUT2D eigenvalue weighted by Crippen LogP contribution is -1.93. The van der Waals surface area contributed by atoms with E-state index in [0.29, 0.717) is 11.6 Å². The third-order valence-corrected chi connectivity index (χ3v) is 2.18. The van der Waals surface area contributed by atoms with Crippen LogP contribution >= 0.6 is 0 Å². The topological polar surface area (TPSA) is 74.2 Å². The van der Waals surface area contributed by atoms with E-state index in [1.54, 1.807) is 24.4 Å². The van der Waals surface area contributed by atoms with Crippen LogP contribution in [-0.2, 0) is 0 Å². The molecule has 0 aliphatic rings. The molecule has 4 heteroatoms. The minimum absolute atomic E-state index is 0.436. The van der Waals surface area contributed by atoms with E-state index in [-0.39, 0.29) is 0 Å². The number of benzene rings is 1. The molecule has 0 aliphatic heterocycles. The van der Waals surface area contributed by atoms with Crippen molar-refractivity contribution in [3.05, 3.63) is 42.1 Å². The fourth-order valence-corrected chi connectivity index (χ4v) is 1.41. The third kappa shape index (κ3) is 2.23. The number of aromatic nitrogens is 1. The molecule has 0 spiro atoms. The van der Waals surface area contributed by atoms with Crippen molar-refractivity contribution < 1.29 is 4.74 Å². The Morgan fingerprint density at radius 2 is 1.94 bits per heavy atom. The summed E-state index contributed by atoms with van der Waals surface area (Å²) < 4.78 is 5.67. The molecule has 1 heterocycles. The molecule has 16 heavy (non-hydrogen) atoms. The maximum absolute atomic E-state index is 5.67. The third-order valence-electron chi connectivity index (χ3n) is 2.18. The highest BCUT2D eigenvalue weighted by molar-refractivity contribution is 5.49. The molecule has 2 rings (SSSR count). The standard InChI is InChI=1S/C12H13N3O/c1-8-6-9(13)2-3-11(8)16-10-4-5-15-12(14)7-10/h2-7H,13H2,1H3,(H2,14,15). The molecule has 4 N–H and O–H groups in total. The molecule has 4 nitrogen and oxygen atoms in total. The normalized spacial score (nSPS) is 10.1. The van der Waals surface area contributed by atoms with Gasteiger partial charge in [0.15, 0.2) is 0 Å². The van der Waals surface area contributed by atoms with E-state index in [0.717, 1.165) is 17.0 Å². The summed E-state index contributed by atoms with van der Waals surface area (Å²) in [5.74, 6) is 1.87. The van der Waals surface area contributed by atoms with E-state index < -0.39 is 0 Å². The molecule has 0 atom stereocenters. The van der Waals surface area contributed by atoms with Gasteiger partial charge in [-0.05, 0) is 36.8 Å². The molecule has 0 bridgehead atoms. The van der Waals surface area contributed by atoms with Crippen molar-refractivity contribution in [2.75, 3.05) is 11.5 Å². The SMILES string of the molecule is Cc1cc(N)ccc1Oc1ccnc(N)c1. The fourth-order valence-electron chi connectivity index (χ4n) is 1.41. The van der Waals surface area contributed by atoms with Crippen molar-refractivity contribution in [1.82, 2.24) is 4.98 Å². The first-order valence-electron chi connectivity index (χ1n) is 4.90. The van der Waals surface area contributed by atoms with Crippen LogP contribution in [-0.4, -0.2) is 4.98 Å². The van der Waals surface area contributed by atoms with E-state index in [1.807, 2.05) is 19.1 Å². The average molecular weight is 215 g/mol. The average Bonchev–Trinajstić information content (AvgIpc) is 2.22. The molecule has 0 radical (unpaired) electrons. The molecule has 0 fully saturated rings. The Balaban J connectivity index is 2.27. The van der Waals surface area contributed by atoms with Crippen LogP contribution in [0.1, 0.15) is 5.56 Å². The quantitative estimate of drug-likeness (QED) is 0.754. The highest BCUT2D eigenvalue weighted by Gasteiger charge is 2.02. The van der Waals surface area contributed by atoms with Gasteiger partial charge in [0, 0.05) is 18.0 Å². The van der Waals surface area contributed by atoms with E-state index >= 15 is 0 Å². The molecule has 1 aromatic heterocycles. The minimum Gasteiger partial charge on any atom is -0.457 e. The maximum atomic E-state index is 5.67. The first-order valence-corrected chi connectivity index (χ1v) is 4.90. The Morgan fingerprint density at radius 3 is 2.62 bits per heavy atom. The summed E-state index contributed by atoms with van der Waals surface area (Å²) in [6, 6.07) is 8.93. The van der Waals surface area contributed by atoms with Gasteiger partial charge in [-0.3, -0.25) is 0 Å². The molecule has 1 aromatic carbocycles. The molecule has 82 valence electrons. The molecule has 0 saturated heterocycles. The summed E-state index contributed by atoms with van der Waals surface area (Å²) in [5.41, 5.74) is 12.9. The summed E-state index contributed by atoms with van der Waals surface area (Å²) >= 11 is 0. The highest BCUT2D eigenvalue weighted by atomic mass is 16.5. The lowest BCUT2D eigenvalue weighted by atomic mass is 10.2. The number of ether oxygens (including phenoxy) is 1. The number of anilines is 2. The Bertz CT molecular complexity index is 511. The lowest BCUT2D eigenvalue weighted by Gasteiger charge is -2.09. The Labute approximate surface area is 93.9 Å². The fraction of sp³-hybridized carbons (Fsp3) is 0.0833. The van der Waals surface area contributed by atoms with Gasteiger partial charge in [0.05, 0.1) is 0 Å². The van der Waals surface area contributed by atoms with Crippen LogP contribution in [0.3, 0.4) is 0 Å². The van der Waals surface area contributed by atoms with Crippen LogP contribution in [0.15, 0.2) is 36.5 Å². The Morgan fingerprint density at radius 1 is 1.12 bits per heavy atom. The van der Waals surface area contributed by atoms with E-state index in [1.165, 1.54) is 0 Å². The van der Waals surface area contributed by atoms with Crippen molar-refractivity contribution in [3.8, 4) is 11.5 Å². The van der Waals surface area contributed by atoms with Gasteiger partial charge in [-0.25, -0.2) is 4.98 Å². The van der Waals surface area contributed by atoms with Gasteiger partial charge in [0.1, 0.15) is 17.3 Å². The number of aryl methyl sites for hydroxylation is 1. The molecule has 0 amide bonds. The van der Waals surface area contributed by atoms with E-state index in [2.05, 4.69) is 4.98 Å². The van der Waals surface area contributed by atoms with Crippen molar-refractivity contribution in [2.24, 2.45) is 0 Å². The number of nitrogens with zero attached hydrogens (tertiary/aromatic N) is 1. The Hall–Kier alpha value is -2.23. The van der Waals surface area contributed by atoms with Gasteiger partial charge in [0.25, 0.3) is 0 Å². The molecule has 0 saturated carbocycles. The predicted octanol–water partition coefficient (Wildman–Crippen LogP) is 2.35. The van der Waals surface area contributed by atoms with Crippen LogP contribution in [0, 0.1) is 6.92 Å². The maximum Gasteiger partial charge on any atom is 0.132 e. The number of hydrogen-bond acceptors (Lipinski definition) is 4. The molecular formula is C12H13N3O. The molecular weight excluding hydrogens is 202 g/mol. The number of rotatable bonds is 2. The predicted molar refractivity (Wildman–Crippen MR) is 64.3 cm³/mol. The van der Waals surface area contributed by atoms with Crippen molar-refractivity contribution in [3.63, 3.8) is 0 Å². The summed E-state index contributed by atoms with van der Waals surface area (Å²) in [7, 11) is 0.